The summed E-state index contributed by atoms with van der Waals surface area (Å²) in [6.07, 6.45) is 5.37. The van der Waals surface area contributed by atoms with Gasteiger partial charge in [-0.25, -0.2) is 0 Å². The fraction of sp³-hybridized carbons (Fsp3) is 1.00. The van der Waals surface area contributed by atoms with Gasteiger partial charge in [0.2, 0.25) is 0 Å². The van der Waals surface area contributed by atoms with E-state index in [1.807, 2.05) is 0 Å². The van der Waals surface area contributed by atoms with Crippen LogP contribution in [0.5, 0.6) is 0 Å². The van der Waals surface area contributed by atoms with Gasteiger partial charge in [-0.15, -0.1) is 0 Å². The van der Waals surface area contributed by atoms with Crippen LogP contribution in [0.25, 0.3) is 0 Å². The van der Waals surface area contributed by atoms with Gasteiger partial charge in [0.15, 0.2) is 0 Å². The van der Waals surface area contributed by atoms with Crippen molar-refractivity contribution in [2.24, 2.45) is 11.3 Å². The molecule has 0 spiro atoms. The van der Waals surface area contributed by atoms with Crippen molar-refractivity contribution in [3.63, 3.8) is 0 Å². The van der Waals surface area contributed by atoms with Crippen molar-refractivity contribution in [1.29, 1.82) is 0 Å². The predicted molar refractivity (Wildman–Crippen MR) is 75.8 cm³/mol. The van der Waals surface area contributed by atoms with E-state index in [0.717, 1.165) is 31.7 Å². The summed E-state index contributed by atoms with van der Waals surface area (Å²) in [6.45, 7) is 10.1. The summed E-state index contributed by atoms with van der Waals surface area (Å²) in [6, 6.07) is 0.873. The second-order valence-electron chi connectivity index (χ2n) is 6.72. The largest absolute Gasteiger partial charge is 0.381 e. The molecule has 0 aromatic rings. The van der Waals surface area contributed by atoms with E-state index < -0.39 is 0 Å². The number of nitrogens with zero attached hydrogens (tertiary/aromatic N) is 1. The van der Waals surface area contributed by atoms with Crippen molar-refractivity contribution in [3.05, 3.63) is 0 Å². The lowest BCUT2D eigenvalue weighted by Crippen LogP contribution is -2.45. The zero-order chi connectivity index (χ0) is 13.0. The van der Waals surface area contributed by atoms with Crippen LogP contribution in [0.4, 0.5) is 0 Å². The average Bonchev–Trinajstić information content (AvgIpc) is 3.07. The van der Waals surface area contributed by atoms with Gasteiger partial charge in [-0.05, 0) is 45.2 Å². The van der Waals surface area contributed by atoms with Gasteiger partial charge in [-0.2, -0.15) is 0 Å². The van der Waals surface area contributed by atoms with E-state index in [1.165, 1.54) is 38.8 Å². The van der Waals surface area contributed by atoms with E-state index in [1.54, 1.807) is 0 Å². The summed E-state index contributed by atoms with van der Waals surface area (Å²) in [5, 5.41) is 3.37. The SMILES string of the molecule is CNCC1(CN(CCC(C)C)C2CC2)CCOC1. The first-order chi connectivity index (χ1) is 8.65. The molecule has 1 aliphatic heterocycles. The quantitative estimate of drug-likeness (QED) is 0.718. The Labute approximate surface area is 112 Å². The highest BCUT2D eigenvalue weighted by atomic mass is 16.5. The van der Waals surface area contributed by atoms with Crippen molar-refractivity contribution in [3.8, 4) is 0 Å². The van der Waals surface area contributed by atoms with Crippen molar-refractivity contribution in [1.82, 2.24) is 10.2 Å². The summed E-state index contributed by atoms with van der Waals surface area (Å²) in [5.41, 5.74) is 0.369. The molecule has 18 heavy (non-hydrogen) atoms. The van der Waals surface area contributed by atoms with Crippen LogP contribution in [0, 0.1) is 11.3 Å². The Balaban J connectivity index is 1.89. The molecular weight excluding hydrogens is 224 g/mol. The maximum absolute atomic E-state index is 5.67. The van der Waals surface area contributed by atoms with Crippen LogP contribution in [0.15, 0.2) is 0 Å². The average molecular weight is 254 g/mol. The van der Waals surface area contributed by atoms with E-state index in [-0.39, 0.29) is 0 Å². The lowest BCUT2D eigenvalue weighted by molar-refractivity contribution is 0.103. The lowest BCUT2D eigenvalue weighted by atomic mass is 9.86. The van der Waals surface area contributed by atoms with Crippen LogP contribution >= 0.6 is 0 Å². The molecule has 1 unspecified atom stereocenters. The zero-order valence-electron chi connectivity index (χ0n) is 12.4. The molecule has 1 aliphatic carbocycles. The van der Waals surface area contributed by atoms with Crippen molar-refractivity contribution < 1.29 is 4.74 Å². The van der Waals surface area contributed by atoms with Crippen LogP contribution in [0.1, 0.15) is 39.5 Å². The van der Waals surface area contributed by atoms with E-state index in [0.29, 0.717) is 5.41 Å². The molecule has 0 aromatic carbocycles. The molecule has 1 N–H and O–H groups in total. The maximum Gasteiger partial charge on any atom is 0.0547 e. The smallest absolute Gasteiger partial charge is 0.0547 e. The molecule has 3 heteroatoms. The van der Waals surface area contributed by atoms with E-state index in [9.17, 15) is 0 Å². The second kappa shape index (κ2) is 6.36. The maximum atomic E-state index is 5.67. The summed E-state index contributed by atoms with van der Waals surface area (Å²) < 4.78 is 5.67. The molecule has 3 nitrogen and oxygen atoms in total. The monoisotopic (exact) mass is 254 g/mol. The fourth-order valence-electron chi connectivity index (χ4n) is 3.03. The van der Waals surface area contributed by atoms with E-state index in [4.69, 9.17) is 4.74 Å². The van der Waals surface area contributed by atoms with Crippen LogP contribution in [0.3, 0.4) is 0 Å². The Kier molecular flexibility index (Phi) is 5.05. The molecule has 1 saturated heterocycles. The first-order valence-electron chi connectivity index (χ1n) is 7.62. The van der Waals surface area contributed by atoms with Crippen LogP contribution < -0.4 is 5.32 Å². The van der Waals surface area contributed by atoms with Crippen LogP contribution in [0.2, 0.25) is 0 Å². The number of hydrogen-bond donors (Lipinski definition) is 1. The van der Waals surface area contributed by atoms with Gasteiger partial charge in [-0.1, -0.05) is 13.8 Å². The molecule has 1 saturated carbocycles. The highest BCUT2D eigenvalue weighted by Crippen LogP contribution is 2.34. The molecule has 1 atom stereocenters. The summed E-state index contributed by atoms with van der Waals surface area (Å²) in [7, 11) is 2.07. The van der Waals surface area contributed by atoms with Crippen molar-refractivity contribution >= 4 is 0 Å². The number of ether oxygens (including phenoxy) is 1. The zero-order valence-corrected chi connectivity index (χ0v) is 12.4. The predicted octanol–water partition coefficient (Wildman–Crippen LogP) is 2.12. The Bertz CT molecular complexity index is 245. The molecule has 0 aromatic heterocycles. The third-order valence-electron chi connectivity index (χ3n) is 4.33. The molecule has 0 amide bonds. The minimum atomic E-state index is 0.369. The molecule has 0 bridgehead atoms. The van der Waals surface area contributed by atoms with E-state index in [2.05, 4.69) is 31.1 Å². The Morgan fingerprint density at radius 1 is 1.39 bits per heavy atom. The molecule has 1 heterocycles. The molecule has 2 rings (SSSR count). The Morgan fingerprint density at radius 2 is 2.17 bits per heavy atom. The molecule has 2 aliphatic rings. The van der Waals surface area contributed by atoms with E-state index >= 15 is 0 Å². The highest BCUT2D eigenvalue weighted by molar-refractivity contribution is 4.93. The topological polar surface area (TPSA) is 24.5 Å². The second-order valence-corrected chi connectivity index (χ2v) is 6.72. The summed E-state index contributed by atoms with van der Waals surface area (Å²) in [5.74, 6) is 0.811. The van der Waals surface area contributed by atoms with Crippen LogP contribution in [-0.2, 0) is 4.74 Å². The summed E-state index contributed by atoms with van der Waals surface area (Å²) >= 11 is 0. The number of nitrogens with one attached hydrogen (secondary N) is 1. The van der Waals surface area contributed by atoms with Gasteiger partial charge in [0.05, 0.1) is 6.61 Å². The standard InChI is InChI=1S/C15H30N2O/c1-13(2)6-8-17(14-4-5-14)11-15(10-16-3)7-9-18-12-15/h13-14,16H,4-12H2,1-3H3. The van der Waals surface area contributed by atoms with Gasteiger partial charge < -0.3 is 10.1 Å². The first-order valence-corrected chi connectivity index (χ1v) is 7.62. The molecule has 106 valence electrons. The minimum absolute atomic E-state index is 0.369. The van der Waals surface area contributed by atoms with Gasteiger partial charge in [-0.3, -0.25) is 4.90 Å². The van der Waals surface area contributed by atoms with Gasteiger partial charge >= 0.3 is 0 Å². The Morgan fingerprint density at radius 3 is 2.67 bits per heavy atom. The van der Waals surface area contributed by atoms with Crippen molar-refractivity contribution in [2.45, 2.75) is 45.6 Å². The van der Waals surface area contributed by atoms with Gasteiger partial charge in [0, 0.05) is 31.2 Å². The molecule has 0 radical (unpaired) electrons. The third-order valence-corrected chi connectivity index (χ3v) is 4.33. The Hall–Kier alpha value is -0.120. The highest BCUT2D eigenvalue weighted by Gasteiger charge is 2.39. The molecule has 2 fully saturated rings. The van der Waals surface area contributed by atoms with Gasteiger partial charge in [0.1, 0.15) is 0 Å². The number of rotatable bonds is 8. The lowest BCUT2D eigenvalue weighted by Gasteiger charge is -2.34. The fourth-order valence-corrected chi connectivity index (χ4v) is 3.03. The summed E-state index contributed by atoms with van der Waals surface area (Å²) in [4.78, 5) is 2.74. The first kappa shape index (κ1) is 14.3. The van der Waals surface area contributed by atoms with Gasteiger partial charge in [0.25, 0.3) is 0 Å². The van der Waals surface area contributed by atoms with Crippen LogP contribution in [-0.4, -0.2) is 50.8 Å². The van der Waals surface area contributed by atoms with Crippen molar-refractivity contribution in [2.75, 3.05) is 39.9 Å². The molecular formula is C15H30N2O. The third kappa shape index (κ3) is 3.94. The number of hydrogen-bond acceptors (Lipinski definition) is 3. The minimum Gasteiger partial charge on any atom is -0.381 e. The normalized spacial score (nSPS) is 28.5.